The van der Waals surface area contributed by atoms with Crippen LogP contribution in [0.15, 0.2) is 30.3 Å². The highest BCUT2D eigenvalue weighted by Gasteiger charge is 2.26. The first-order valence-corrected chi connectivity index (χ1v) is 8.11. The number of hydrogen-bond acceptors (Lipinski definition) is 4. The van der Waals surface area contributed by atoms with Gasteiger partial charge in [0.2, 0.25) is 5.91 Å². The van der Waals surface area contributed by atoms with Gasteiger partial charge in [-0.2, -0.15) is 0 Å². The number of nitrogens with zero attached hydrogens (tertiary/aromatic N) is 2. The Morgan fingerprint density at radius 1 is 1.17 bits per heavy atom. The molecular weight excluding hydrogens is 294 g/mol. The van der Waals surface area contributed by atoms with Gasteiger partial charge in [0, 0.05) is 26.2 Å². The third kappa shape index (κ3) is 5.25. The predicted octanol–water partition coefficient (Wildman–Crippen LogP) is 0.864. The maximum Gasteiger partial charge on any atom is 0.263 e. The number of hydrogen-bond donors (Lipinski definition) is 1. The topological polar surface area (TPSA) is 75.9 Å². The van der Waals surface area contributed by atoms with Crippen molar-refractivity contribution in [2.45, 2.75) is 25.9 Å². The second-order valence-electron chi connectivity index (χ2n) is 5.75. The van der Waals surface area contributed by atoms with Crippen molar-refractivity contribution < 1.29 is 14.3 Å². The van der Waals surface area contributed by atoms with Gasteiger partial charge in [-0.05, 0) is 25.0 Å². The summed E-state index contributed by atoms with van der Waals surface area (Å²) in [7, 11) is 0. The van der Waals surface area contributed by atoms with Gasteiger partial charge in [0.25, 0.3) is 5.91 Å². The van der Waals surface area contributed by atoms with E-state index < -0.39 is 6.10 Å². The summed E-state index contributed by atoms with van der Waals surface area (Å²) in [6, 6.07) is 9.40. The fraction of sp³-hybridized carbons (Fsp3) is 0.529. The Morgan fingerprint density at radius 2 is 1.91 bits per heavy atom. The molecule has 0 bridgehead atoms. The number of amides is 2. The number of nitrogens with two attached hydrogens (primary N) is 1. The zero-order valence-corrected chi connectivity index (χ0v) is 13.6. The number of ether oxygens (including phenoxy) is 1. The summed E-state index contributed by atoms with van der Waals surface area (Å²) in [4.78, 5) is 27.6. The third-order valence-electron chi connectivity index (χ3n) is 3.95. The number of carbonyl (C=O) groups is 2. The zero-order valence-electron chi connectivity index (χ0n) is 13.6. The lowest BCUT2D eigenvalue weighted by atomic mass is 10.2. The van der Waals surface area contributed by atoms with Crippen LogP contribution in [0.25, 0.3) is 0 Å². The molecule has 1 heterocycles. The third-order valence-corrected chi connectivity index (χ3v) is 3.95. The molecule has 2 N–H and O–H groups in total. The number of carbonyl (C=O) groups excluding carboxylic acids is 2. The second-order valence-corrected chi connectivity index (χ2v) is 5.75. The molecule has 1 saturated heterocycles. The summed E-state index contributed by atoms with van der Waals surface area (Å²) < 4.78 is 5.83. The minimum atomic E-state index is -0.472. The van der Waals surface area contributed by atoms with E-state index >= 15 is 0 Å². The predicted molar refractivity (Wildman–Crippen MR) is 88.0 cm³/mol. The summed E-state index contributed by atoms with van der Waals surface area (Å²) in [6.07, 6.45) is 0.982. The number of rotatable bonds is 6. The number of benzene rings is 1. The van der Waals surface area contributed by atoms with Crippen LogP contribution in [0.5, 0.6) is 5.75 Å². The molecule has 0 saturated carbocycles. The molecule has 0 radical (unpaired) electrons. The van der Waals surface area contributed by atoms with E-state index in [0.717, 1.165) is 13.0 Å². The van der Waals surface area contributed by atoms with Gasteiger partial charge in [-0.15, -0.1) is 0 Å². The molecule has 1 atom stereocenters. The first-order valence-electron chi connectivity index (χ1n) is 8.11. The van der Waals surface area contributed by atoms with E-state index in [4.69, 9.17) is 10.5 Å². The molecule has 1 aliphatic heterocycles. The second kappa shape index (κ2) is 8.53. The Morgan fingerprint density at radius 3 is 2.57 bits per heavy atom. The summed E-state index contributed by atoms with van der Waals surface area (Å²) >= 11 is 0. The van der Waals surface area contributed by atoms with Crippen molar-refractivity contribution in [3.63, 3.8) is 0 Å². The molecule has 0 aromatic heterocycles. The van der Waals surface area contributed by atoms with Crippen LogP contribution < -0.4 is 10.5 Å². The van der Waals surface area contributed by atoms with Gasteiger partial charge in [0.15, 0.2) is 6.10 Å². The monoisotopic (exact) mass is 319 g/mol. The van der Waals surface area contributed by atoms with Crippen molar-refractivity contribution >= 4 is 11.8 Å². The van der Waals surface area contributed by atoms with Crippen LogP contribution >= 0.6 is 0 Å². The molecule has 1 fully saturated rings. The first kappa shape index (κ1) is 17.3. The van der Waals surface area contributed by atoms with E-state index in [1.54, 1.807) is 0 Å². The summed E-state index contributed by atoms with van der Waals surface area (Å²) in [5.41, 5.74) is 5.24. The number of para-hydroxylation sites is 1. The molecule has 126 valence electrons. The molecule has 0 aliphatic carbocycles. The van der Waals surface area contributed by atoms with Crippen molar-refractivity contribution in [1.29, 1.82) is 0 Å². The lowest BCUT2D eigenvalue weighted by molar-refractivity contribution is -0.138. The average molecular weight is 319 g/mol. The summed E-state index contributed by atoms with van der Waals surface area (Å²) in [6.45, 7) is 4.92. The van der Waals surface area contributed by atoms with Crippen molar-refractivity contribution in [1.82, 2.24) is 9.80 Å². The van der Waals surface area contributed by atoms with E-state index in [-0.39, 0.29) is 18.4 Å². The summed E-state index contributed by atoms with van der Waals surface area (Å²) in [5.74, 6) is 0.388. The fourth-order valence-corrected chi connectivity index (χ4v) is 2.75. The molecule has 2 amide bonds. The van der Waals surface area contributed by atoms with E-state index in [1.807, 2.05) is 47.1 Å². The highest BCUT2D eigenvalue weighted by molar-refractivity contribution is 5.81. The molecule has 1 aromatic rings. The van der Waals surface area contributed by atoms with Gasteiger partial charge in [-0.1, -0.05) is 25.1 Å². The van der Waals surface area contributed by atoms with E-state index in [2.05, 4.69) is 0 Å². The van der Waals surface area contributed by atoms with Gasteiger partial charge >= 0.3 is 0 Å². The lowest BCUT2D eigenvalue weighted by Crippen LogP contribution is -2.44. The highest BCUT2D eigenvalue weighted by atomic mass is 16.5. The van der Waals surface area contributed by atoms with Crippen LogP contribution in [-0.2, 0) is 9.59 Å². The van der Waals surface area contributed by atoms with Crippen molar-refractivity contribution in [2.75, 3.05) is 32.7 Å². The lowest BCUT2D eigenvalue weighted by Gasteiger charge is -2.26. The maximum atomic E-state index is 12.7. The Balaban J connectivity index is 1.93. The van der Waals surface area contributed by atoms with Crippen LogP contribution in [0.1, 0.15) is 19.8 Å². The molecule has 1 aromatic carbocycles. The van der Waals surface area contributed by atoms with Gasteiger partial charge < -0.3 is 15.4 Å². The Labute approximate surface area is 137 Å². The molecule has 2 rings (SSSR count). The van der Waals surface area contributed by atoms with Gasteiger partial charge in [-0.25, -0.2) is 0 Å². The van der Waals surface area contributed by atoms with Crippen molar-refractivity contribution in [2.24, 2.45) is 5.73 Å². The van der Waals surface area contributed by atoms with Gasteiger partial charge in [0.1, 0.15) is 5.75 Å². The van der Waals surface area contributed by atoms with Gasteiger partial charge in [0.05, 0.1) is 6.54 Å². The van der Waals surface area contributed by atoms with E-state index in [1.165, 1.54) is 0 Å². The van der Waals surface area contributed by atoms with Crippen LogP contribution in [0.2, 0.25) is 0 Å². The van der Waals surface area contributed by atoms with Crippen LogP contribution in [-0.4, -0.2) is 60.4 Å². The summed E-state index contributed by atoms with van der Waals surface area (Å²) in [5, 5.41) is 0. The smallest absolute Gasteiger partial charge is 0.263 e. The Hall–Kier alpha value is -2.08. The Bertz CT molecular complexity index is 521. The molecule has 1 unspecified atom stereocenters. The molecule has 6 heteroatoms. The minimum Gasteiger partial charge on any atom is -0.481 e. The molecule has 1 aliphatic rings. The van der Waals surface area contributed by atoms with Crippen LogP contribution in [0, 0.1) is 0 Å². The average Bonchev–Trinajstić information content (AvgIpc) is 2.78. The highest BCUT2D eigenvalue weighted by Crippen LogP contribution is 2.15. The molecular formula is C17H25N3O3. The van der Waals surface area contributed by atoms with Gasteiger partial charge in [-0.3, -0.25) is 14.5 Å². The maximum absolute atomic E-state index is 12.7. The number of primary amides is 1. The Kier molecular flexibility index (Phi) is 6.40. The standard InChI is InChI=1S/C17H25N3O3/c1-2-15(23-14-7-4-3-5-8-14)17(22)20-10-6-9-19(11-12-20)13-16(18)21/h3-5,7-8,15H,2,6,9-13H2,1H3,(H2,18,21). The van der Waals surface area contributed by atoms with Crippen molar-refractivity contribution in [3.05, 3.63) is 30.3 Å². The molecule has 23 heavy (non-hydrogen) atoms. The zero-order chi connectivity index (χ0) is 16.7. The SMILES string of the molecule is CCC(Oc1ccccc1)C(=O)N1CCCN(CC(N)=O)CC1. The molecule has 6 nitrogen and oxygen atoms in total. The van der Waals surface area contributed by atoms with E-state index in [9.17, 15) is 9.59 Å². The van der Waals surface area contributed by atoms with Crippen LogP contribution in [0.4, 0.5) is 0 Å². The first-order chi connectivity index (χ1) is 11.1. The van der Waals surface area contributed by atoms with Crippen LogP contribution in [0.3, 0.4) is 0 Å². The fourth-order valence-electron chi connectivity index (χ4n) is 2.75. The molecule has 0 spiro atoms. The largest absolute Gasteiger partial charge is 0.481 e. The van der Waals surface area contributed by atoms with Crippen molar-refractivity contribution in [3.8, 4) is 5.75 Å². The normalized spacial score (nSPS) is 17.3. The quantitative estimate of drug-likeness (QED) is 0.844. The minimum absolute atomic E-state index is 0.0114. The van der Waals surface area contributed by atoms with E-state index in [0.29, 0.717) is 31.8 Å².